The van der Waals surface area contributed by atoms with Crippen molar-refractivity contribution in [2.24, 2.45) is 0 Å². The number of hydrogen-bond donors (Lipinski definition) is 0. The lowest BCUT2D eigenvalue weighted by Crippen LogP contribution is -2.43. The lowest BCUT2D eigenvalue weighted by atomic mass is 10.0. The fraction of sp³-hybridized carbons (Fsp3) is 0.358. The Morgan fingerprint density at radius 2 is 0.951 bits per heavy atom. The molecule has 61 heavy (non-hydrogen) atoms. The smallest absolute Gasteiger partial charge is 0.205 e. The third-order valence-corrected chi connectivity index (χ3v) is 14.0. The average Bonchev–Trinajstić information content (AvgIpc) is 3.26. The first-order valence-corrected chi connectivity index (χ1v) is 24.5. The van der Waals surface area contributed by atoms with Gasteiger partial charge in [0, 0.05) is 118 Å². The number of pyridine rings is 2. The van der Waals surface area contributed by atoms with Gasteiger partial charge in [-0.05, 0) is 78.3 Å². The summed E-state index contributed by atoms with van der Waals surface area (Å²) in [6.07, 6.45) is 18.3. The second kappa shape index (κ2) is 23.0. The standard InChI is InChI=1S/C53H69N6S2/c1-54(2)52-32-28-44(48-22-8-10-24-50(48)52)26-30-46-20-12-14-35-57(46)37-17-16-34-56(5)39-42-60-61-43-41-59(6,7)40-19-18-38-58-36-15-13-21-47(58)31-27-45-29-33-53(55(3)4)51-25-11-9-23-49(45)51/h8-15,20-33,35-36H,16-19,34,37-43H2,1-7H3/q+3. The van der Waals surface area contributed by atoms with Crippen LogP contribution >= 0.6 is 21.6 Å². The van der Waals surface area contributed by atoms with Crippen molar-refractivity contribution < 1.29 is 13.6 Å². The Morgan fingerprint density at radius 3 is 1.48 bits per heavy atom. The molecular formula is C53H69N6S2+3. The molecule has 0 N–H and O–H groups in total. The zero-order chi connectivity index (χ0) is 43.0. The van der Waals surface area contributed by atoms with Gasteiger partial charge in [-0.2, -0.15) is 9.13 Å². The summed E-state index contributed by atoms with van der Waals surface area (Å²) in [5.41, 5.74) is 7.50. The van der Waals surface area contributed by atoms with Gasteiger partial charge in [-0.25, -0.2) is 0 Å². The van der Waals surface area contributed by atoms with Gasteiger partial charge in [0.15, 0.2) is 12.4 Å². The number of fused-ring (bicyclic) bond motifs is 2. The largest absolute Gasteiger partial charge is 0.377 e. The van der Waals surface area contributed by atoms with Crippen molar-refractivity contribution in [2.75, 3.05) is 96.8 Å². The van der Waals surface area contributed by atoms with E-state index in [1.807, 2.05) is 21.6 Å². The Hall–Kier alpha value is -4.60. The highest BCUT2D eigenvalue weighted by Gasteiger charge is 2.16. The molecule has 0 bridgehead atoms. The van der Waals surface area contributed by atoms with Crippen molar-refractivity contribution in [1.29, 1.82) is 0 Å². The van der Waals surface area contributed by atoms with Crippen LogP contribution in [0.4, 0.5) is 11.4 Å². The number of rotatable bonds is 23. The molecule has 0 saturated carbocycles. The van der Waals surface area contributed by atoms with E-state index in [4.69, 9.17) is 0 Å². The van der Waals surface area contributed by atoms with Crippen molar-refractivity contribution in [1.82, 2.24) is 4.90 Å². The molecule has 6 nitrogen and oxygen atoms in total. The lowest BCUT2D eigenvalue weighted by Gasteiger charge is -2.29. The molecular weight excluding hydrogens is 785 g/mol. The molecule has 0 saturated heterocycles. The van der Waals surface area contributed by atoms with Crippen LogP contribution in [0.1, 0.15) is 48.2 Å². The first kappa shape index (κ1) is 45.9. The van der Waals surface area contributed by atoms with E-state index in [0.29, 0.717) is 0 Å². The summed E-state index contributed by atoms with van der Waals surface area (Å²) >= 11 is 0. The molecule has 6 rings (SSSR count). The molecule has 2 heterocycles. The summed E-state index contributed by atoms with van der Waals surface area (Å²) in [5, 5.41) is 5.15. The SMILES string of the molecule is CN(CCCC[n+]1ccccc1C=Cc1ccc(N(C)C)c2ccccc12)CCSSCC[N+](C)(C)CCCC[n+]1ccccc1C=Cc1ccc(N(C)C)c2ccccc12. The molecule has 6 aromatic rings. The van der Waals surface area contributed by atoms with Crippen LogP contribution in [-0.4, -0.2) is 96.4 Å². The van der Waals surface area contributed by atoms with E-state index in [2.05, 4.69) is 219 Å². The number of aromatic nitrogens is 2. The van der Waals surface area contributed by atoms with Crippen molar-refractivity contribution in [3.8, 4) is 0 Å². The highest BCUT2D eigenvalue weighted by Crippen LogP contribution is 2.31. The van der Waals surface area contributed by atoms with Gasteiger partial charge in [0.05, 0.1) is 32.9 Å². The fourth-order valence-electron chi connectivity index (χ4n) is 8.03. The number of benzene rings is 4. The zero-order valence-electron chi connectivity index (χ0n) is 37.8. The second-order valence-electron chi connectivity index (χ2n) is 17.3. The molecule has 0 aliphatic heterocycles. The van der Waals surface area contributed by atoms with Crippen LogP contribution in [0.15, 0.2) is 122 Å². The molecule has 0 fully saturated rings. The van der Waals surface area contributed by atoms with Crippen LogP contribution < -0.4 is 18.9 Å². The van der Waals surface area contributed by atoms with Crippen LogP contribution in [0.25, 0.3) is 45.8 Å². The summed E-state index contributed by atoms with van der Waals surface area (Å²) < 4.78 is 5.88. The van der Waals surface area contributed by atoms with E-state index in [9.17, 15) is 0 Å². The highest BCUT2D eigenvalue weighted by molar-refractivity contribution is 8.76. The molecule has 320 valence electrons. The van der Waals surface area contributed by atoms with Crippen LogP contribution in [0, 0.1) is 0 Å². The quantitative estimate of drug-likeness (QED) is 0.0276. The summed E-state index contributed by atoms with van der Waals surface area (Å²) in [6, 6.07) is 39.4. The van der Waals surface area contributed by atoms with Gasteiger partial charge in [0.25, 0.3) is 0 Å². The van der Waals surface area contributed by atoms with Crippen molar-refractivity contribution in [2.45, 2.75) is 38.8 Å². The maximum Gasteiger partial charge on any atom is 0.205 e. The van der Waals surface area contributed by atoms with E-state index < -0.39 is 0 Å². The molecule has 0 atom stereocenters. The Bertz CT molecular complexity index is 2370. The van der Waals surface area contributed by atoms with E-state index in [-0.39, 0.29) is 0 Å². The van der Waals surface area contributed by atoms with Gasteiger partial charge >= 0.3 is 0 Å². The molecule has 0 spiro atoms. The Kier molecular flexibility index (Phi) is 17.3. The van der Waals surface area contributed by atoms with Gasteiger partial charge in [-0.3, -0.25) is 0 Å². The van der Waals surface area contributed by atoms with Crippen LogP contribution in [0.3, 0.4) is 0 Å². The fourth-order valence-corrected chi connectivity index (χ4v) is 10.4. The predicted molar refractivity (Wildman–Crippen MR) is 270 cm³/mol. The maximum atomic E-state index is 2.50. The van der Waals surface area contributed by atoms with Gasteiger partial charge < -0.3 is 19.2 Å². The number of nitrogens with zero attached hydrogens (tertiary/aromatic N) is 6. The van der Waals surface area contributed by atoms with Crippen molar-refractivity contribution >= 4 is 78.8 Å². The Morgan fingerprint density at radius 1 is 0.475 bits per heavy atom. The summed E-state index contributed by atoms with van der Waals surface area (Å²) in [4.78, 5) is 6.88. The topological polar surface area (TPSA) is 17.5 Å². The van der Waals surface area contributed by atoms with Gasteiger partial charge in [-0.15, -0.1) is 0 Å². The molecule has 0 aliphatic carbocycles. The van der Waals surface area contributed by atoms with Crippen LogP contribution in [0.5, 0.6) is 0 Å². The van der Waals surface area contributed by atoms with Crippen LogP contribution in [0.2, 0.25) is 0 Å². The molecule has 4 aromatic carbocycles. The van der Waals surface area contributed by atoms with Gasteiger partial charge in [0.1, 0.15) is 13.1 Å². The van der Waals surface area contributed by atoms with E-state index in [1.54, 1.807) is 0 Å². The normalized spacial score (nSPS) is 12.1. The van der Waals surface area contributed by atoms with Crippen LogP contribution in [-0.2, 0) is 13.1 Å². The molecule has 0 unspecified atom stereocenters. The third kappa shape index (κ3) is 13.4. The van der Waals surface area contributed by atoms with E-state index >= 15 is 0 Å². The second-order valence-corrected chi connectivity index (χ2v) is 20.0. The molecule has 0 amide bonds. The summed E-state index contributed by atoms with van der Waals surface area (Å²) in [5.74, 6) is 2.36. The number of unbranched alkanes of at least 4 members (excludes halogenated alkanes) is 2. The highest BCUT2D eigenvalue weighted by atomic mass is 33.1. The molecule has 0 radical (unpaired) electrons. The summed E-state index contributed by atoms with van der Waals surface area (Å²) in [7, 11) is 19.6. The number of hydrogen-bond acceptors (Lipinski definition) is 5. The molecule has 2 aromatic heterocycles. The number of anilines is 2. The van der Waals surface area contributed by atoms with Gasteiger partial charge in [-0.1, -0.05) is 82.3 Å². The molecule has 0 aliphatic rings. The first-order valence-electron chi connectivity index (χ1n) is 22.1. The van der Waals surface area contributed by atoms with E-state index in [1.165, 1.54) is 106 Å². The minimum absolute atomic E-state index is 1.03. The predicted octanol–water partition coefficient (Wildman–Crippen LogP) is 10.7. The molecule has 8 heteroatoms. The summed E-state index contributed by atoms with van der Waals surface area (Å²) in [6.45, 7) is 6.75. The minimum Gasteiger partial charge on any atom is -0.377 e. The number of quaternary nitrogens is 1. The average molecular weight is 854 g/mol. The van der Waals surface area contributed by atoms with Crippen molar-refractivity contribution in [3.63, 3.8) is 0 Å². The maximum absolute atomic E-state index is 2.50. The monoisotopic (exact) mass is 854 g/mol. The van der Waals surface area contributed by atoms with Crippen molar-refractivity contribution in [3.05, 3.63) is 144 Å². The number of aryl methyl sites for hydroxylation is 2. The Balaban J connectivity index is 0.851. The lowest BCUT2D eigenvalue weighted by molar-refractivity contribution is -0.888. The Labute approximate surface area is 375 Å². The van der Waals surface area contributed by atoms with E-state index in [0.717, 1.165) is 30.7 Å². The first-order chi connectivity index (χ1) is 29.6. The zero-order valence-corrected chi connectivity index (χ0v) is 39.5. The third-order valence-electron chi connectivity index (χ3n) is 11.7. The minimum atomic E-state index is 1.03. The van der Waals surface area contributed by atoms with Gasteiger partial charge in [0.2, 0.25) is 11.4 Å².